The molecule has 0 unspecified atom stereocenters. The van der Waals surface area contributed by atoms with Gasteiger partial charge in [-0.15, -0.1) is 0 Å². The molecular weight excluding hydrogens is 534 g/mol. The second-order valence-electron chi connectivity index (χ2n) is 11.1. The Morgan fingerprint density at radius 3 is 2.27 bits per heavy atom. The molecule has 2 aromatic rings. The van der Waals surface area contributed by atoms with Crippen molar-refractivity contribution < 1.29 is 19.5 Å². The Morgan fingerprint density at radius 2 is 1.70 bits per heavy atom. The summed E-state index contributed by atoms with van der Waals surface area (Å²) >= 11 is 3.47. The highest BCUT2D eigenvalue weighted by atomic mass is 79.9. The van der Waals surface area contributed by atoms with Gasteiger partial charge in [0.15, 0.2) is 0 Å². The first-order valence-corrected chi connectivity index (χ1v) is 13.5. The molecule has 2 aliphatic rings. The van der Waals surface area contributed by atoms with Crippen LogP contribution in [-0.2, 0) is 16.1 Å². The first-order valence-electron chi connectivity index (χ1n) is 12.8. The predicted octanol–water partition coefficient (Wildman–Crippen LogP) is 5.42. The molecule has 196 valence electrons. The number of carboxylic acid groups (broad SMARTS) is 1. The maximum Gasteiger partial charge on any atom is 0.305 e. The van der Waals surface area contributed by atoms with Crippen LogP contribution in [0.5, 0.6) is 0 Å². The highest BCUT2D eigenvalue weighted by molar-refractivity contribution is 9.10. The van der Waals surface area contributed by atoms with Gasteiger partial charge in [-0.3, -0.25) is 19.4 Å². The lowest BCUT2D eigenvalue weighted by atomic mass is 9.69. The fourth-order valence-corrected chi connectivity index (χ4v) is 5.57. The minimum atomic E-state index is -0.957. The van der Waals surface area contributed by atoms with Gasteiger partial charge >= 0.3 is 5.97 Å². The van der Waals surface area contributed by atoms with Crippen molar-refractivity contribution in [1.82, 2.24) is 10.2 Å². The number of carboxylic acids is 1. The summed E-state index contributed by atoms with van der Waals surface area (Å²) in [6.07, 6.45) is 3.55. The van der Waals surface area contributed by atoms with Crippen molar-refractivity contribution in [3.63, 3.8) is 0 Å². The van der Waals surface area contributed by atoms with Crippen LogP contribution in [0, 0.1) is 11.3 Å². The predicted molar refractivity (Wildman–Crippen MR) is 146 cm³/mol. The Labute approximate surface area is 226 Å². The quantitative estimate of drug-likeness (QED) is 0.466. The monoisotopic (exact) mass is 567 g/mol. The van der Waals surface area contributed by atoms with Gasteiger partial charge in [0, 0.05) is 28.7 Å². The number of nitrogens with zero attached hydrogens (tertiary/aromatic N) is 2. The SMILES string of the molecule is CC(C)(C)C1CCC2(CC1)N=C(c1ccc(Br)cc1)C(=O)N2Cc1ccc(C(=O)NCCC(=O)O)cc1. The minimum Gasteiger partial charge on any atom is -0.481 e. The average Bonchev–Trinajstić information content (AvgIpc) is 3.10. The van der Waals surface area contributed by atoms with Gasteiger partial charge in [-0.1, -0.05) is 61.0 Å². The minimum absolute atomic E-state index is 0.0629. The Hall–Kier alpha value is -3.00. The van der Waals surface area contributed by atoms with E-state index in [1.807, 2.05) is 41.3 Å². The van der Waals surface area contributed by atoms with Gasteiger partial charge in [0.2, 0.25) is 0 Å². The molecule has 0 radical (unpaired) electrons. The lowest BCUT2D eigenvalue weighted by molar-refractivity contribution is -0.136. The first-order chi connectivity index (χ1) is 17.5. The molecule has 2 amide bonds. The van der Waals surface area contributed by atoms with Crippen molar-refractivity contribution in [1.29, 1.82) is 0 Å². The molecule has 1 aliphatic heterocycles. The molecule has 8 heteroatoms. The topological polar surface area (TPSA) is 99.1 Å². The highest BCUT2D eigenvalue weighted by Crippen LogP contribution is 2.47. The molecule has 1 heterocycles. The Morgan fingerprint density at radius 1 is 1.08 bits per heavy atom. The van der Waals surface area contributed by atoms with Crippen LogP contribution in [-0.4, -0.2) is 45.7 Å². The fourth-order valence-electron chi connectivity index (χ4n) is 5.30. The van der Waals surface area contributed by atoms with Crippen molar-refractivity contribution in [3.05, 3.63) is 69.7 Å². The number of aliphatic carboxylic acids is 1. The van der Waals surface area contributed by atoms with Crippen molar-refractivity contribution in [2.45, 2.75) is 65.1 Å². The van der Waals surface area contributed by atoms with Crippen molar-refractivity contribution in [2.75, 3.05) is 6.54 Å². The van der Waals surface area contributed by atoms with E-state index in [0.717, 1.165) is 41.3 Å². The third-order valence-corrected chi connectivity index (χ3v) is 8.11. The second-order valence-corrected chi connectivity index (χ2v) is 12.0. The van der Waals surface area contributed by atoms with Gasteiger partial charge < -0.3 is 15.3 Å². The number of hydrogen-bond donors (Lipinski definition) is 2. The normalized spacial score (nSPS) is 21.7. The largest absolute Gasteiger partial charge is 0.481 e. The zero-order valence-electron chi connectivity index (χ0n) is 21.6. The summed E-state index contributed by atoms with van der Waals surface area (Å²) in [6.45, 7) is 7.32. The van der Waals surface area contributed by atoms with Crippen molar-refractivity contribution >= 4 is 39.4 Å². The Bertz CT molecular complexity index is 1190. The molecular formula is C29H34BrN3O4. The number of nitrogens with one attached hydrogen (secondary N) is 1. The van der Waals surface area contributed by atoms with Crippen LogP contribution < -0.4 is 5.32 Å². The molecule has 0 saturated heterocycles. The summed E-state index contributed by atoms with van der Waals surface area (Å²) in [6, 6.07) is 14.8. The van der Waals surface area contributed by atoms with Crippen LogP contribution in [0.3, 0.4) is 0 Å². The molecule has 1 saturated carbocycles. The van der Waals surface area contributed by atoms with E-state index in [0.29, 0.717) is 23.7 Å². The highest BCUT2D eigenvalue weighted by Gasteiger charge is 2.50. The number of hydrogen-bond acceptors (Lipinski definition) is 4. The van der Waals surface area contributed by atoms with E-state index < -0.39 is 11.6 Å². The van der Waals surface area contributed by atoms with E-state index >= 15 is 0 Å². The maximum absolute atomic E-state index is 13.8. The fraction of sp³-hybridized carbons (Fsp3) is 0.448. The summed E-state index contributed by atoms with van der Waals surface area (Å²) in [4.78, 5) is 43.8. The number of aliphatic imine (C=N–C) groups is 1. The van der Waals surface area contributed by atoms with Crippen LogP contribution in [0.2, 0.25) is 0 Å². The average molecular weight is 569 g/mol. The van der Waals surface area contributed by atoms with Gasteiger partial charge in [-0.2, -0.15) is 0 Å². The smallest absolute Gasteiger partial charge is 0.305 e. The lowest BCUT2D eigenvalue weighted by Gasteiger charge is -2.44. The molecule has 2 N–H and O–H groups in total. The number of rotatable bonds is 7. The maximum atomic E-state index is 13.8. The van der Waals surface area contributed by atoms with Gasteiger partial charge in [-0.25, -0.2) is 0 Å². The molecule has 0 atom stereocenters. The molecule has 0 bridgehead atoms. The van der Waals surface area contributed by atoms with Crippen LogP contribution in [0.1, 0.15) is 74.4 Å². The Balaban J connectivity index is 1.55. The standard InChI is InChI=1S/C29H34BrN3O4/c1-28(2,3)22-12-15-29(16-13-22)32-25(20-8-10-23(30)11-9-20)27(37)33(29)18-19-4-6-21(7-5-19)26(36)31-17-14-24(34)35/h4-11,22H,12-18H2,1-3H3,(H,31,36)(H,34,35). The van der Waals surface area contributed by atoms with Gasteiger partial charge in [0.25, 0.3) is 11.8 Å². The number of benzene rings is 2. The molecule has 4 rings (SSSR count). The third-order valence-electron chi connectivity index (χ3n) is 7.58. The lowest BCUT2D eigenvalue weighted by Crippen LogP contribution is -2.49. The van der Waals surface area contributed by atoms with Crippen molar-refractivity contribution in [3.8, 4) is 0 Å². The molecule has 7 nitrogen and oxygen atoms in total. The molecule has 0 aromatic heterocycles. The molecule has 37 heavy (non-hydrogen) atoms. The van der Waals surface area contributed by atoms with E-state index in [4.69, 9.17) is 10.1 Å². The van der Waals surface area contributed by atoms with E-state index in [1.54, 1.807) is 12.1 Å². The number of carbonyl (C=O) groups excluding carboxylic acids is 2. The van der Waals surface area contributed by atoms with Crippen LogP contribution in [0.15, 0.2) is 58.0 Å². The summed E-state index contributed by atoms with van der Waals surface area (Å²) in [7, 11) is 0. The zero-order valence-corrected chi connectivity index (χ0v) is 23.2. The number of halogens is 1. The van der Waals surface area contributed by atoms with Gasteiger partial charge in [0.05, 0.1) is 6.42 Å². The zero-order chi connectivity index (χ0) is 26.8. The van der Waals surface area contributed by atoms with E-state index in [-0.39, 0.29) is 30.2 Å². The molecule has 1 fully saturated rings. The van der Waals surface area contributed by atoms with Crippen molar-refractivity contribution in [2.24, 2.45) is 16.3 Å². The summed E-state index contributed by atoms with van der Waals surface area (Å²) < 4.78 is 0.951. The molecule has 1 aliphatic carbocycles. The van der Waals surface area contributed by atoms with Gasteiger partial charge in [0.1, 0.15) is 11.4 Å². The summed E-state index contributed by atoms with van der Waals surface area (Å²) in [5.74, 6) is -0.753. The Kier molecular flexibility index (Phi) is 7.88. The number of carbonyl (C=O) groups is 3. The van der Waals surface area contributed by atoms with E-state index in [2.05, 4.69) is 42.0 Å². The summed E-state index contributed by atoms with van der Waals surface area (Å²) in [5, 5.41) is 11.4. The second kappa shape index (κ2) is 10.8. The van der Waals surface area contributed by atoms with E-state index in [9.17, 15) is 14.4 Å². The molecule has 1 spiro atoms. The van der Waals surface area contributed by atoms with Crippen LogP contribution >= 0.6 is 15.9 Å². The van der Waals surface area contributed by atoms with E-state index in [1.165, 1.54) is 0 Å². The molecule has 2 aromatic carbocycles. The first kappa shape index (κ1) is 27.0. The summed E-state index contributed by atoms with van der Waals surface area (Å²) in [5.41, 5.74) is 2.36. The third kappa shape index (κ3) is 6.12. The number of amides is 2. The van der Waals surface area contributed by atoms with Crippen LogP contribution in [0.4, 0.5) is 0 Å². The van der Waals surface area contributed by atoms with Gasteiger partial charge in [-0.05, 0) is 66.8 Å². The van der Waals surface area contributed by atoms with Crippen LogP contribution in [0.25, 0.3) is 0 Å².